The van der Waals surface area contributed by atoms with E-state index >= 15 is 0 Å². The van der Waals surface area contributed by atoms with Crippen LogP contribution in [0.15, 0.2) is 36.8 Å². The van der Waals surface area contributed by atoms with Crippen molar-refractivity contribution in [3.63, 3.8) is 0 Å². The standard InChI is InChI=1S/C25H25N5O3/c1-15-7-24(27-10-18(15)8-26)30-12-17(9-28-30)11-29-6-5-23(31)21(13-29)19-3-4-20-22(16(19)2)14-33-25(20)32/h3-4,7,9-10,12,21,23,31H,5-6,11,13-14H2,1-2H3/t21-,23+/m0/s1. The van der Waals surface area contributed by atoms with Gasteiger partial charge in [0, 0.05) is 49.1 Å². The molecule has 2 aliphatic rings. The molecule has 0 amide bonds. The Balaban J connectivity index is 1.33. The number of aryl methyl sites for hydroxylation is 1. The monoisotopic (exact) mass is 443 g/mol. The van der Waals surface area contributed by atoms with Crippen molar-refractivity contribution in [1.29, 1.82) is 5.26 Å². The molecule has 0 radical (unpaired) electrons. The Labute approximate surface area is 192 Å². The van der Waals surface area contributed by atoms with Crippen molar-refractivity contribution in [3.05, 3.63) is 75.7 Å². The minimum Gasteiger partial charge on any atom is -0.457 e. The van der Waals surface area contributed by atoms with Crippen LogP contribution in [0, 0.1) is 25.2 Å². The van der Waals surface area contributed by atoms with Crippen molar-refractivity contribution in [2.24, 2.45) is 0 Å². The number of nitriles is 1. The number of pyridine rings is 1. The van der Waals surface area contributed by atoms with Crippen LogP contribution in [-0.2, 0) is 17.9 Å². The Morgan fingerprint density at radius 1 is 1.30 bits per heavy atom. The summed E-state index contributed by atoms with van der Waals surface area (Å²) in [5.41, 5.74) is 6.17. The van der Waals surface area contributed by atoms with E-state index in [2.05, 4.69) is 21.1 Å². The molecule has 2 atom stereocenters. The van der Waals surface area contributed by atoms with E-state index in [-0.39, 0.29) is 11.9 Å². The number of carbonyl (C=O) groups excluding carboxylic acids is 1. The number of cyclic esters (lactones) is 1. The molecule has 168 valence electrons. The molecule has 8 nitrogen and oxygen atoms in total. The number of likely N-dealkylation sites (tertiary alicyclic amines) is 1. The van der Waals surface area contributed by atoms with Gasteiger partial charge in [-0.05, 0) is 49.1 Å². The molecule has 1 N–H and O–H groups in total. The molecule has 8 heteroatoms. The number of fused-ring (bicyclic) bond motifs is 1. The molecule has 1 aromatic carbocycles. The third-order valence-corrected chi connectivity index (χ3v) is 6.76. The number of hydrogen-bond acceptors (Lipinski definition) is 7. The van der Waals surface area contributed by atoms with Gasteiger partial charge in [0.15, 0.2) is 5.82 Å². The summed E-state index contributed by atoms with van der Waals surface area (Å²) in [4.78, 5) is 18.5. The number of ether oxygens (including phenoxy) is 1. The molecule has 1 fully saturated rings. The number of aromatic nitrogens is 3. The molecule has 0 bridgehead atoms. The fourth-order valence-corrected chi connectivity index (χ4v) is 4.83. The van der Waals surface area contributed by atoms with Crippen LogP contribution in [0.2, 0.25) is 0 Å². The summed E-state index contributed by atoms with van der Waals surface area (Å²) in [6.07, 6.45) is 5.61. The Morgan fingerprint density at radius 2 is 2.15 bits per heavy atom. The fourth-order valence-electron chi connectivity index (χ4n) is 4.83. The van der Waals surface area contributed by atoms with Gasteiger partial charge in [-0.25, -0.2) is 14.5 Å². The topological polar surface area (TPSA) is 104 Å². The summed E-state index contributed by atoms with van der Waals surface area (Å²) in [5.74, 6) is 0.377. The molecule has 0 unspecified atom stereocenters. The third-order valence-electron chi connectivity index (χ3n) is 6.76. The Kier molecular flexibility index (Phi) is 5.44. The molecule has 0 aliphatic carbocycles. The molecule has 4 heterocycles. The molecule has 33 heavy (non-hydrogen) atoms. The normalized spacial score (nSPS) is 20.4. The number of benzene rings is 1. The van der Waals surface area contributed by atoms with Crippen molar-refractivity contribution in [1.82, 2.24) is 19.7 Å². The zero-order valence-corrected chi connectivity index (χ0v) is 18.7. The number of piperidine rings is 1. The van der Waals surface area contributed by atoms with Crippen molar-refractivity contribution in [3.8, 4) is 11.9 Å². The van der Waals surface area contributed by atoms with Gasteiger partial charge in [-0.1, -0.05) is 6.07 Å². The van der Waals surface area contributed by atoms with Gasteiger partial charge >= 0.3 is 5.97 Å². The number of nitrogens with zero attached hydrogens (tertiary/aromatic N) is 5. The summed E-state index contributed by atoms with van der Waals surface area (Å²) in [7, 11) is 0. The zero-order valence-electron chi connectivity index (χ0n) is 18.7. The van der Waals surface area contributed by atoms with Gasteiger partial charge in [0.25, 0.3) is 0 Å². The number of esters is 1. The fraction of sp³-hybridized carbons (Fsp3) is 0.360. The largest absolute Gasteiger partial charge is 0.457 e. The van der Waals surface area contributed by atoms with Crippen LogP contribution in [0.3, 0.4) is 0 Å². The lowest BCUT2D eigenvalue weighted by atomic mass is 9.83. The van der Waals surface area contributed by atoms with Gasteiger partial charge in [-0.15, -0.1) is 0 Å². The van der Waals surface area contributed by atoms with E-state index in [1.54, 1.807) is 10.9 Å². The van der Waals surface area contributed by atoms with Gasteiger partial charge in [-0.2, -0.15) is 10.4 Å². The maximum atomic E-state index is 11.9. The van der Waals surface area contributed by atoms with E-state index in [1.165, 1.54) is 0 Å². The van der Waals surface area contributed by atoms with Gasteiger partial charge < -0.3 is 9.84 Å². The first kappa shape index (κ1) is 21.3. The first-order valence-corrected chi connectivity index (χ1v) is 11.0. The lowest BCUT2D eigenvalue weighted by Crippen LogP contribution is -2.41. The third kappa shape index (κ3) is 3.90. The highest BCUT2D eigenvalue weighted by Crippen LogP contribution is 2.34. The average molecular weight is 444 g/mol. The van der Waals surface area contributed by atoms with Crippen molar-refractivity contribution in [2.45, 2.75) is 45.4 Å². The molecular weight excluding hydrogens is 418 g/mol. The van der Waals surface area contributed by atoms with E-state index in [9.17, 15) is 9.90 Å². The highest BCUT2D eigenvalue weighted by atomic mass is 16.5. The van der Waals surface area contributed by atoms with E-state index in [4.69, 9.17) is 10.00 Å². The molecule has 0 spiro atoms. The van der Waals surface area contributed by atoms with Gasteiger partial charge in [0.2, 0.25) is 0 Å². The summed E-state index contributed by atoms with van der Waals surface area (Å²) in [6, 6.07) is 7.78. The minimum absolute atomic E-state index is 0.0300. The van der Waals surface area contributed by atoms with Crippen LogP contribution in [0.25, 0.3) is 5.82 Å². The Hall–Kier alpha value is -3.54. The van der Waals surface area contributed by atoms with Crippen LogP contribution < -0.4 is 0 Å². The Bertz CT molecular complexity index is 1280. The maximum Gasteiger partial charge on any atom is 0.338 e. The van der Waals surface area contributed by atoms with E-state index in [0.29, 0.717) is 36.5 Å². The van der Waals surface area contributed by atoms with E-state index in [0.717, 1.165) is 40.9 Å². The van der Waals surface area contributed by atoms with Crippen LogP contribution in [0.4, 0.5) is 0 Å². The second-order valence-electron chi connectivity index (χ2n) is 8.84. The van der Waals surface area contributed by atoms with Crippen molar-refractivity contribution in [2.75, 3.05) is 13.1 Å². The predicted molar refractivity (Wildman–Crippen MR) is 120 cm³/mol. The second kappa shape index (κ2) is 8.43. The molecule has 3 aromatic rings. The molecule has 1 saturated heterocycles. The lowest BCUT2D eigenvalue weighted by Gasteiger charge is -2.37. The highest BCUT2D eigenvalue weighted by Gasteiger charge is 2.33. The van der Waals surface area contributed by atoms with Crippen LogP contribution in [-0.4, -0.2) is 49.9 Å². The van der Waals surface area contributed by atoms with Crippen molar-refractivity contribution >= 4 is 5.97 Å². The highest BCUT2D eigenvalue weighted by molar-refractivity contribution is 5.94. The number of hydrogen-bond donors (Lipinski definition) is 1. The summed E-state index contributed by atoms with van der Waals surface area (Å²) in [5, 5.41) is 24.3. The van der Waals surface area contributed by atoms with Gasteiger partial charge in [0.1, 0.15) is 12.7 Å². The SMILES string of the molecule is Cc1cc(-n2cc(CN3CC[C@@H](O)[C@H](c4ccc5c(c4C)COC5=O)C3)cn2)ncc1C#N. The molecule has 0 saturated carbocycles. The van der Waals surface area contributed by atoms with Gasteiger partial charge in [-0.3, -0.25) is 4.90 Å². The number of carbonyl (C=O) groups is 1. The molecule has 2 aromatic heterocycles. The number of aliphatic hydroxyl groups is 1. The quantitative estimate of drug-likeness (QED) is 0.618. The van der Waals surface area contributed by atoms with Crippen LogP contribution in [0.1, 0.15) is 56.1 Å². The van der Waals surface area contributed by atoms with Gasteiger partial charge in [0.05, 0.1) is 23.4 Å². The van der Waals surface area contributed by atoms with E-state index < -0.39 is 6.10 Å². The first-order chi connectivity index (χ1) is 15.9. The predicted octanol–water partition coefficient (Wildman–Crippen LogP) is 2.78. The number of aliphatic hydroxyl groups excluding tert-OH is 1. The smallest absolute Gasteiger partial charge is 0.338 e. The second-order valence-corrected chi connectivity index (χ2v) is 8.84. The number of rotatable bonds is 4. The zero-order chi connectivity index (χ0) is 23.1. The molecule has 2 aliphatic heterocycles. The minimum atomic E-state index is -0.426. The summed E-state index contributed by atoms with van der Waals surface area (Å²) < 4.78 is 6.91. The first-order valence-electron chi connectivity index (χ1n) is 11.0. The molecular formula is C25H25N5O3. The van der Waals surface area contributed by atoms with E-state index in [1.807, 2.05) is 44.4 Å². The maximum absolute atomic E-state index is 11.9. The van der Waals surface area contributed by atoms with Crippen LogP contribution in [0.5, 0.6) is 0 Å². The average Bonchev–Trinajstić information content (AvgIpc) is 3.43. The Morgan fingerprint density at radius 3 is 2.94 bits per heavy atom. The van der Waals surface area contributed by atoms with Crippen molar-refractivity contribution < 1.29 is 14.6 Å². The lowest BCUT2D eigenvalue weighted by molar-refractivity contribution is 0.0532. The summed E-state index contributed by atoms with van der Waals surface area (Å²) in [6.45, 7) is 6.43. The molecule has 5 rings (SSSR count). The summed E-state index contributed by atoms with van der Waals surface area (Å²) >= 11 is 0. The van der Waals surface area contributed by atoms with Crippen LogP contribution >= 0.6 is 0 Å².